The summed E-state index contributed by atoms with van der Waals surface area (Å²) < 4.78 is 6.02. The minimum atomic E-state index is -0.446. The van der Waals surface area contributed by atoms with Crippen LogP contribution in [0, 0.1) is 12.3 Å². The molecular formula is C22H31NO2. The number of esters is 1. The fourth-order valence-corrected chi connectivity index (χ4v) is 3.49. The third-order valence-electron chi connectivity index (χ3n) is 4.97. The van der Waals surface area contributed by atoms with Crippen molar-refractivity contribution in [2.75, 3.05) is 13.1 Å². The van der Waals surface area contributed by atoms with Crippen molar-refractivity contribution >= 4 is 5.97 Å². The number of ether oxygens (including phenoxy) is 1. The Bertz CT molecular complexity index is 541. The second-order valence-corrected chi connectivity index (χ2v) is 6.91. The lowest BCUT2D eigenvalue weighted by Crippen LogP contribution is -2.43. The Morgan fingerprint density at radius 1 is 1.04 bits per heavy atom. The van der Waals surface area contributed by atoms with Crippen LogP contribution in [0.5, 0.6) is 0 Å². The third kappa shape index (κ3) is 6.55. The average molecular weight is 341 g/mol. The number of hydrogen-bond acceptors (Lipinski definition) is 3. The monoisotopic (exact) mass is 341 g/mol. The summed E-state index contributed by atoms with van der Waals surface area (Å²) in [7, 11) is 0. The molecule has 1 aliphatic heterocycles. The first-order valence-corrected chi connectivity index (χ1v) is 9.68. The van der Waals surface area contributed by atoms with Crippen LogP contribution in [0.4, 0.5) is 0 Å². The second kappa shape index (κ2) is 10.9. The predicted octanol–water partition coefficient (Wildman–Crippen LogP) is 4.56. The third-order valence-corrected chi connectivity index (χ3v) is 4.97. The summed E-state index contributed by atoms with van der Waals surface area (Å²) in [6.45, 7) is 1.78. The van der Waals surface area contributed by atoms with Crippen LogP contribution in [-0.4, -0.2) is 19.1 Å². The van der Waals surface area contributed by atoms with Gasteiger partial charge in [0.2, 0.25) is 0 Å². The van der Waals surface area contributed by atoms with Crippen LogP contribution in [0.1, 0.15) is 69.8 Å². The molecule has 2 rings (SSSR count). The summed E-state index contributed by atoms with van der Waals surface area (Å²) in [6, 6.07) is 10.2. The molecule has 25 heavy (non-hydrogen) atoms. The number of terminal acetylenes is 1. The fraction of sp³-hybridized carbons (Fsp3) is 0.591. The van der Waals surface area contributed by atoms with Crippen LogP contribution >= 0.6 is 0 Å². The van der Waals surface area contributed by atoms with E-state index in [0.717, 1.165) is 57.2 Å². The van der Waals surface area contributed by atoms with Gasteiger partial charge in [-0.2, -0.15) is 0 Å². The molecule has 136 valence electrons. The standard InChI is InChI=1S/C22H31NO2/c1-2-3-4-5-6-7-8-12-15-21(24)25-22(16-18-23-19-17-22)20-13-10-9-11-14-20/h1,9-11,13-14,23H,3-8,12,15-19H2. The van der Waals surface area contributed by atoms with Gasteiger partial charge in [-0.25, -0.2) is 0 Å². The number of nitrogens with one attached hydrogen (secondary N) is 1. The first-order valence-electron chi connectivity index (χ1n) is 9.68. The minimum Gasteiger partial charge on any atom is -0.454 e. The second-order valence-electron chi connectivity index (χ2n) is 6.91. The van der Waals surface area contributed by atoms with E-state index in [9.17, 15) is 4.79 Å². The zero-order valence-electron chi connectivity index (χ0n) is 15.3. The van der Waals surface area contributed by atoms with Crippen molar-refractivity contribution in [3.63, 3.8) is 0 Å². The largest absolute Gasteiger partial charge is 0.454 e. The highest BCUT2D eigenvalue weighted by atomic mass is 16.6. The number of carbonyl (C=O) groups excluding carboxylic acids is 1. The van der Waals surface area contributed by atoms with Gasteiger partial charge in [-0.3, -0.25) is 4.79 Å². The molecule has 1 heterocycles. The molecule has 3 heteroatoms. The number of piperidine rings is 1. The number of unbranched alkanes of at least 4 members (excludes halogenated alkanes) is 6. The Labute approximate surface area is 152 Å². The molecule has 0 aromatic heterocycles. The summed E-state index contributed by atoms with van der Waals surface area (Å²) in [4.78, 5) is 12.4. The lowest BCUT2D eigenvalue weighted by Gasteiger charge is -2.37. The number of carbonyl (C=O) groups is 1. The molecule has 1 aliphatic rings. The highest BCUT2D eigenvalue weighted by Gasteiger charge is 2.37. The van der Waals surface area contributed by atoms with Crippen LogP contribution in [-0.2, 0) is 15.1 Å². The molecule has 0 spiro atoms. The Morgan fingerprint density at radius 3 is 2.36 bits per heavy atom. The summed E-state index contributed by atoms with van der Waals surface area (Å²) in [5.74, 6) is 2.62. The number of hydrogen-bond donors (Lipinski definition) is 1. The predicted molar refractivity (Wildman–Crippen MR) is 102 cm³/mol. The van der Waals surface area contributed by atoms with Crippen molar-refractivity contribution in [1.82, 2.24) is 5.32 Å². The molecular weight excluding hydrogens is 310 g/mol. The quantitative estimate of drug-likeness (QED) is 0.385. The van der Waals surface area contributed by atoms with Crippen molar-refractivity contribution < 1.29 is 9.53 Å². The van der Waals surface area contributed by atoms with E-state index >= 15 is 0 Å². The van der Waals surface area contributed by atoms with E-state index < -0.39 is 5.60 Å². The van der Waals surface area contributed by atoms with Crippen LogP contribution < -0.4 is 5.32 Å². The lowest BCUT2D eigenvalue weighted by atomic mass is 9.84. The van der Waals surface area contributed by atoms with Crippen LogP contribution in [0.15, 0.2) is 30.3 Å². The van der Waals surface area contributed by atoms with Gasteiger partial charge in [0.15, 0.2) is 0 Å². The molecule has 1 saturated heterocycles. The minimum absolute atomic E-state index is 0.0573. The summed E-state index contributed by atoms with van der Waals surface area (Å²) in [5, 5.41) is 3.36. The first-order chi connectivity index (χ1) is 12.3. The van der Waals surface area contributed by atoms with Gasteiger partial charge in [0, 0.05) is 25.7 Å². The highest BCUT2D eigenvalue weighted by molar-refractivity contribution is 5.70. The highest BCUT2D eigenvalue weighted by Crippen LogP contribution is 2.35. The maximum absolute atomic E-state index is 12.4. The maximum Gasteiger partial charge on any atom is 0.306 e. The molecule has 1 aromatic carbocycles. The molecule has 0 amide bonds. The molecule has 3 nitrogen and oxygen atoms in total. The smallest absolute Gasteiger partial charge is 0.306 e. The lowest BCUT2D eigenvalue weighted by molar-refractivity contribution is -0.164. The van der Waals surface area contributed by atoms with Crippen molar-refractivity contribution in [3.8, 4) is 12.3 Å². The average Bonchev–Trinajstić information content (AvgIpc) is 2.65. The van der Waals surface area contributed by atoms with E-state index in [4.69, 9.17) is 11.2 Å². The van der Waals surface area contributed by atoms with E-state index in [1.807, 2.05) is 18.2 Å². The molecule has 0 aliphatic carbocycles. The van der Waals surface area contributed by atoms with E-state index in [2.05, 4.69) is 23.4 Å². The SMILES string of the molecule is C#CCCCCCCCCC(=O)OC1(c2ccccc2)CCNCC1. The van der Waals surface area contributed by atoms with Crippen molar-refractivity contribution in [3.05, 3.63) is 35.9 Å². The van der Waals surface area contributed by atoms with Gasteiger partial charge in [0.05, 0.1) is 0 Å². The van der Waals surface area contributed by atoms with Crippen molar-refractivity contribution in [2.24, 2.45) is 0 Å². The van der Waals surface area contributed by atoms with E-state index in [1.165, 1.54) is 19.3 Å². The Balaban J connectivity index is 1.74. The van der Waals surface area contributed by atoms with Crippen LogP contribution in [0.25, 0.3) is 0 Å². The van der Waals surface area contributed by atoms with Gasteiger partial charge in [0.25, 0.3) is 0 Å². The summed E-state index contributed by atoms with van der Waals surface area (Å²) in [5.41, 5.74) is 0.678. The van der Waals surface area contributed by atoms with Gasteiger partial charge < -0.3 is 10.1 Å². The van der Waals surface area contributed by atoms with Crippen molar-refractivity contribution in [2.45, 2.75) is 69.8 Å². The Morgan fingerprint density at radius 2 is 1.68 bits per heavy atom. The molecule has 0 bridgehead atoms. The first kappa shape index (κ1) is 19.5. The van der Waals surface area contributed by atoms with Crippen LogP contribution in [0.3, 0.4) is 0 Å². The molecule has 0 atom stereocenters. The van der Waals surface area contributed by atoms with Gasteiger partial charge >= 0.3 is 5.97 Å². The van der Waals surface area contributed by atoms with Crippen LogP contribution in [0.2, 0.25) is 0 Å². The summed E-state index contributed by atoms with van der Waals surface area (Å²) >= 11 is 0. The molecule has 0 unspecified atom stereocenters. The van der Waals surface area contributed by atoms with Gasteiger partial charge in [-0.1, -0.05) is 56.0 Å². The van der Waals surface area contributed by atoms with Gasteiger partial charge in [-0.05, 0) is 31.5 Å². The maximum atomic E-state index is 12.4. The Hall–Kier alpha value is -1.79. The topological polar surface area (TPSA) is 38.3 Å². The Kier molecular flexibility index (Phi) is 8.55. The zero-order valence-corrected chi connectivity index (χ0v) is 15.3. The fourth-order valence-electron chi connectivity index (χ4n) is 3.49. The van der Waals surface area contributed by atoms with Gasteiger partial charge in [0.1, 0.15) is 5.60 Å². The normalized spacial score (nSPS) is 16.1. The van der Waals surface area contributed by atoms with Crippen molar-refractivity contribution in [1.29, 1.82) is 0 Å². The van der Waals surface area contributed by atoms with E-state index in [-0.39, 0.29) is 5.97 Å². The number of benzene rings is 1. The molecule has 0 saturated carbocycles. The molecule has 1 aromatic rings. The summed E-state index contributed by atoms with van der Waals surface area (Å²) in [6.07, 6.45) is 15.0. The molecule has 1 N–H and O–H groups in total. The van der Waals surface area contributed by atoms with Gasteiger partial charge in [-0.15, -0.1) is 12.3 Å². The number of rotatable bonds is 10. The van der Waals surface area contributed by atoms with E-state index in [1.54, 1.807) is 0 Å². The zero-order chi connectivity index (χ0) is 17.8. The molecule has 0 radical (unpaired) electrons. The molecule has 1 fully saturated rings. The van der Waals surface area contributed by atoms with E-state index in [0.29, 0.717) is 6.42 Å².